The molecule has 0 aliphatic rings. The summed E-state index contributed by atoms with van der Waals surface area (Å²) in [5, 5.41) is 10.5. The summed E-state index contributed by atoms with van der Waals surface area (Å²) < 4.78 is 0.868. The van der Waals surface area contributed by atoms with Gasteiger partial charge in [-0.1, -0.05) is 33.3 Å². The number of hydrogen-bond acceptors (Lipinski definition) is 4. The summed E-state index contributed by atoms with van der Waals surface area (Å²) >= 11 is 4.59. The molecule has 0 radical (unpaired) electrons. The van der Waals surface area contributed by atoms with Crippen LogP contribution < -0.4 is 5.32 Å². The third kappa shape index (κ3) is 2.60. The first-order valence-corrected chi connectivity index (χ1v) is 5.76. The largest absolute Gasteiger partial charge is 0.296 e. The number of carbonyl (C=O) groups excluding carboxylic acids is 1. The lowest BCUT2D eigenvalue weighted by Gasteiger charge is -2.00. The Balaban J connectivity index is 2.15. The average Bonchev–Trinajstić information content (AvgIpc) is 2.70. The van der Waals surface area contributed by atoms with Gasteiger partial charge in [-0.2, -0.15) is 0 Å². The van der Waals surface area contributed by atoms with E-state index in [1.165, 1.54) is 11.3 Å². The Morgan fingerprint density at radius 1 is 1.47 bits per heavy atom. The zero-order chi connectivity index (χ0) is 10.7. The zero-order valence-electron chi connectivity index (χ0n) is 7.48. The second kappa shape index (κ2) is 4.50. The van der Waals surface area contributed by atoms with Crippen LogP contribution in [0, 0.1) is 0 Å². The van der Waals surface area contributed by atoms with Crippen molar-refractivity contribution in [1.82, 2.24) is 10.2 Å². The van der Waals surface area contributed by atoms with Gasteiger partial charge in [0.15, 0.2) is 0 Å². The van der Waals surface area contributed by atoms with Gasteiger partial charge >= 0.3 is 0 Å². The van der Waals surface area contributed by atoms with Crippen LogP contribution in [0.25, 0.3) is 0 Å². The lowest BCUT2D eigenvalue weighted by atomic mass is 10.2. The predicted molar refractivity (Wildman–Crippen MR) is 62.0 cm³/mol. The highest BCUT2D eigenvalue weighted by molar-refractivity contribution is 9.10. The van der Waals surface area contributed by atoms with Gasteiger partial charge in [-0.05, 0) is 18.2 Å². The average molecular weight is 284 g/mol. The fourth-order valence-corrected chi connectivity index (χ4v) is 1.87. The Bertz CT molecular complexity index is 472. The Kier molecular flexibility index (Phi) is 3.08. The molecule has 1 N–H and O–H groups in total. The summed E-state index contributed by atoms with van der Waals surface area (Å²) in [5.74, 6) is -0.187. The van der Waals surface area contributed by atoms with E-state index >= 15 is 0 Å². The molecule has 0 saturated heterocycles. The van der Waals surface area contributed by atoms with Gasteiger partial charge in [0.05, 0.1) is 0 Å². The number of carbonyl (C=O) groups is 1. The number of rotatable bonds is 2. The minimum absolute atomic E-state index is 0.187. The lowest BCUT2D eigenvalue weighted by molar-refractivity contribution is 0.102. The van der Waals surface area contributed by atoms with Crippen LogP contribution in [0.4, 0.5) is 5.13 Å². The maximum atomic E-state index is 11.7. The molecular weight excluding hydrogens is 278 g/mol. The molecule has 1 amide bonds. The van der Waals surface area contributed by atoms with Gasteiger partial charge in [0.25, 0.3) is 5.91 Å². The van der Waals surface area contributed by atoms with Crippen molar-refractivity contribution in [3.63, 3.8) is 0 Å². The molecule has 0 aliphatic carbocycles. The van der Waals surface area contributed by atoms with Crippen molar-refractivity contribution >= 4 is 38.3 Å². The molecule has 2 rings (SSSR count). The molecule has 0 unspecified atom stereocenters. The quantitative estimate of drug-likeness (QED) is 0.922. The molecule has 0 spiro atoms. The monoisotopic (exact) mass is 283 g/mol. The number of benzene rings is 1. The van der Waals surface area contributed by atoms with Gasteiger partial charge in [-0.25, -0.2) is 0 Å². The highest BCUT2D eigenvalue weighted by Crippen LogP contribution is 2.14. The Labute approximate surface area is 98.5 Å². The van der Waals surface area contributed by atoms with Gasteiger partial charge < -0.3 is 0 Å². The minimum Gasteiger partial charge on any atom is -0.296 e. The van der Waals surface area contributed by atoms with Crippen molar-refractivity contribution < 1.29 is 4.79 Å². The van der Waals surface area contributed by atoms with Crippen LogP contribution in [-0.4, -0.2) is 16.1 Å². The molecule has 0 atom stereocenters. The molecule has 2 aromatic rings. The fraction of sp³-hybridized carbons (Fsp3) is 0. The standard InChI is InChI=1S/C9H6BrN3OS/c10-7-3-1-2-6(4-7)8(14)12-9-13-11-5-15-9/h1-5H,(H,12,13,14). The van der Waals surface area contributed by atoms with Crippen molar-refractivity contribution in [3.05, 3.63) is 39.8 Å². The van der Waals surface area contributed by atoms with Crippen LogP contribution >= 0.6 is 27.3 Å². The van der Waals surface area contributed by atoms with E-state index in [9.17, 15) is 4.79 Å². The van der Waals surface area contributed by atoms with Crippen molar-refractivity contribution in [2.24, 2.45) is 0 Å². The predicted octanol–water partition coefficient (Wildman–Crippen LogP) is 2.55. The summed E-state index contributed by atoms with van der Waals surface area (Å²) in [6.07, 6.45) is 0. The molecule has 1 aromatic heterocycles. The first kappa shape index (κ1) is 10.3. The lowest BCUT2D eigenvalue weighted by Crippen LogP contribution is -2.11. The fourth-order valence-electron chi connectivity index (χ4n) is 1.03. The first-order chi connectivity index (χ1) is 7.25. The molecule has 0 aliphatic heterocycles. The Morgan fingerprint density at radius 2 is 2.33 bits per heavy atom. The van der Waals surface area contributed by atoms with Crippen LogP contribution in [0.3, 0.4) is 0 Å². The molecule has 0 bridgehead atoms. The topological polar surface area (TPSA) is 54.9 Å². The number of aromatic nitrogens is 2. The van der Waals surface area contributed by atoms with Crippen LogP contribution in [0.5, 0.6) is 0 Å². The number of amides is 1. The van der Waals surface area contributed by atoms with E-state index < -0.39 is 0 Å². The molecule has 6 heteroatoms. The van der Waals surface area contributed by atoms with Crippen LogP contribution in [0.1, 0.15) is 10.4 Å². The summed E-state index contributed by atoms with van der Waals surface area (Å²) in [4.78, 5) is 11.7. The van der Waals surface area contributed by atoms with Crippen molar-refractivity contribution in [1.29, 1.82) is 0 Å². The van der Waals surface area contributed by atoms with E-state index in [0.717, 1.165) is 4.47 Å². The van der Waals surface area contributed by atoms with Gasteiger partial charge in [0.2, 0.25) is 5.13 Å². The van der Waals surface area contributed by atoms with Crippen LogP contribution in [-0.2, 0) is 0 Å². The number of hydrogen-bond donors (Lipinski definition) is 1. The normalized spacial score (nSPS) is 9.93. The maximum absolute atomic E-state index is 11.7. The van der Waals surface area contributed by atoms with Crippen molar-refractivity contribution in [2.75, 3.05) is 5.32 Å². The van der Waals surface area contributed by atoms with Gasteiger partial charge in [-0.15, -0.1) is 10.2 Å². The second-order valence-corrected chi connectivity index (χ2v) is 4.46. The first-order valence-electron chi connectivity index (χ1n) is 4.09. The highest BCUT2D eigenvalue weighted by Gasteiger charge is 2.07. The summed E-state index contributed by atoms with van der Waals surface area (Å²) in [7, 11) is 0. The van der Waals surface area contributed by atoms with Gasteiger partial charge in [-0.3, -0.25) is 10.1 Å². The van der Waals surface area contributed by atoms with Gasteiger partial charge in [0.1, 0.15) is 5.51 Å². The van der Waals surface area contributed by atoms with E-state index in [-0.39, 0.29) is 5.91 Å². The smallest absolute Gasteiger partial charge is 0.257 e. The van der Waals surface area contributed by atoms with Gasteiger partial charge in [0, 0.05) is 10.0 Å². The summed E-state index contributed by atoms with van der Waals surface area (Å²) in [6, 6.07) is 7.15. The second-order valence-electron chi connectivity index (χ2n) is 2.71. The van der Waals surface area contributed by atoms with E-state index in [2.05, 4.69) is 31.4 Å². The molecule has 76 valence electrons. The third-order valence-corrected chi connectivity index (χ3v) is 2.77. The van der Waals surface area contributed by atoms with Crippen molar-refractivity contribution in [2.45, 2.75) is 0 Å². The minimum atomic E-state index is -0.187. The Morgan fingerprint density at radius 3 is 3.00 bits per heavy atom. The number of nitrogens with one attached hydrogen (secondary N) is 1. The van der Waals surface area contributed by atoms with Crippen LogP contribution in [0.2, 0.25) is 0 Å². The molecule has 1 heterocycles. The molecule has 15 heavy (non-hydrogen) atoms. The van der Waals surface area contributed by atoms with E-state index in [1.807, 2.05) is 6.07 Å². The SMILES string of the molecule is O=C(Nc1nncs1)c1cccc(Br)c1. The molecular formula is C9H6BrN3OS. The van der Waals surface area contributed by atoms with Crippen LogP contribution in [0.15, 0.2) is 34.2 Å². The molecule has 1 aromatic carbocycles. The number of nitrogens with zero attached hydrogens (tertiary/aromatic N) is 2. The number of anilines is 1. The summed E-state index contributed by atoms with van der Waals surface area (Å²) in [5.41, 5.74) is 2.15. The Hall–Kier alpha value is -1.27. The highest BCUT2D eigenvalue weighted by atomic mass is 79.9. The molecule has 0 saturated carbocycles. The zero-order valence-corrected chi connectivity index (χ0v) is 9.88. The number of halogens is 1. The maximum Gasteiger partial charge on any atom is 0.257 e. The molecule has 0 fully saturated rings. The van der Waals surface area contributed by atoms with E-state index in [1.54, 1.807) is 23.7 Å². The molecule has 4 nitrogen and oxygen atoms in total. The van der Waals surface area contributed by atoms with E-state index in [4.69, 9.17) is 0 Å². The summed E-state index contributed by atoms with van der Waals surface area (Å²) in [6.45, 7) is 0. The van der Waals surface area contributed by atoms with E-state index in [0.29, 0.717) is 10.7 Å². The third-order valence-electron chi connectivity index (χ3n) is 1.67. The van der Waals surface area contributed by atoms with Crippen molar-refractivity contribution in [3.8, 4) is 0 Å².